The summed E-state index contributed by atoms with van der Waals surface area (Å²) < 4.78 is 0. The van der Waals surface area contributed by atoms with Crippen molar-refractivity contribution in [1.82, 2.24) is 5.32 Å². The van der Waals surface area contributed by atoms with Crippen molar-refractivity contribution in [3.8, 4) is 0 Å². The molecule has 2 nitrogen and oxygen atoms in total. The number of hydrogen-bond donors (Lipinski definition) is 2. The van der Waals surface area contributed by atoms with E-state index in [1.165, 1.54) is 19.3 Å². The molecule has 1 aliphatic rings. The van der Waals surface area contributed by atoms with E-state index in [1.807, 2.05) is 0 Å². The van der Waals surface area contributed by atoms with Gasteiger partial charge in [0.05, 0.1) is 6.61 Å². The van der Waals surface area contributed by atoms with Gasteiger partial charge in [-0.1, -0.05) is 0 Å². The monoisotopic (exact) mass is 177 g/mol. The quantitative estimate of drug-likeness (QED) is 0.628. The second-order valence-corrected chi connectivity index (χ2v) is 3.52. The molecule has 1 saturated carbocycles. The topological polar surface area (TPSA) is 32.3 Å². The molecule has 0 aliphatic heterocycles. The van der Waals surface area contributed by atoms with Gasteiger partial charge in [-0.05, 0) is 25.2 Å². The summed E-state index contributed by atoms with van der Waals surface area (Å²) in [7, 11) is 0. The molecule has 0 radical (unpaired) electrons. The van der Waals surface area contributed by atoms with Gasteiger partial charge in [0, 0.05) is 18.5 Å². The number of aliphatic hydroxyl groups is 1. The fourth-order valence-electron chi connectivity index (χ4n) is 1.67. The number of halogens is 1. The van der Waals surface area contributed by atoms with Gasteiger partial charge >= 0.3 is 0 Å². The predicted molar refractivity (Wildman–Crippen MR) is 46.9 cm³/mol. The molecule has 0 unspecified atom stereocenters. The highest BCUT2D eigenvalue weighted by Crippen LogP contribution is 2.25. The van der Waals surface area contributed by atoms with Gasteiger partial charge in [0.25, 0.3) is 0 Å². The molecule has 0 aromatic carbocycles. The van der Waals surface area contributed by atoms with Crippen molar-refractivity contribution >= 4 is 11.6 Å². The van der Waals surface area contributed by atoms with E-state index >= 15 is 0 Å². The second-order valence-electron chi connectivity index (χ2n) is 3.21. The Morgan fingerprint density at radius 1 is 1.45 bits per heavy atom. The van der Waals surface area contributed by atoms with Gasteiger partial charge in [-0.3, -0.25) is 0 Å². The van der Waals surface area contributed by atoms with Crippen molar-refractivity contribution in [3.05, 3.63) is 0 Å². The Bertz CT molecular complexity index is 110. The van der Waals surface area contributed by atoms with Crippen LogP contribution < -0.4 is 5.32 Å². The van der Waals surface area contributed by atoms with Gasteiger partial charge in [0.15, 0.2) is 0 Å². The summed E-state index contributed by atoms with van der Waals surface area (Å²) in [5.74, 6) is 1.49. The smallest absolute Gasteiger partial charge is 0.0556 e. The molecule has 2 atom stereocenters. The molecule has 1 fully saturated rings. The molecule has 11 heavy (non-hydrogen) atoms. The van der Waals surface area contributed by atoms with E-state index in [2.05, 4.69) is 5.32 Å². The number of rotatable bonds is 4. The third kappa shape index (κ3) is 2.97. The predicted octanol–water partition coefficient (Wildman–Crippen LogP) is 0.976. The van der Waals surface area contributed by atoms with E-state index in [9.17, 15) is 0 Å². The van der Waals surface area contributed by atoms with Gasteiger partial charge in [0.2, 0.25) is 0 Å². The number of nitrogens with one attached hydrogen (secondary N) is 1. The van der Waals surface area contributed by atoms with Crippen molar-refractivity contribution < 1.29 is 5.11 Å². The van der Waals surface area contributed by atoms with E-state index < -0.39 is 0 Å². The first-order valence-corrected chi connectivity index (χ1v) is 4.80. The van der Waals surface area contributed by atoms with Crippen LogP contribution in [0, 0.1) is 5.92 Å². The summed E-state index contributed by atoms with van der Waals surface area (Å²) in [6.45, 7) is 0.960. The second kappa shape index (κ2) is 4.96. The first-order chi connectivity index (χ1) is 5.36. The molecule has 0 amide bonds. The molecule has 0 aromatic rings. The van der Waals surface area contributed by atoms with E-state index in [0.717, 1.165) is 12.4 Å². The highest BCUT2D eigenvalue weighted by molar-refractivity contribution is 6.18. The normalized spacial score (nSPS) is 31.1. The highest BCUT2D eigenvalue weighted by atomic mass is 35.5. The lowest BCUT2D eigenvalue weighted by Crippen LogP contribution is -2.29. The van der Waals surface area contributed by atoms with Crippen molar-refractivity contribution in [3.63, 3.8) is 0 Å². The molecule has 0 aromatic heterocycles. The molecule has 1 aliphatic carbocycles. The molecule has 0 saturated heterocycles. The fourth-order valence-corrected chi connectivity index (χ4v) is 1.95. The number of alkyl halides is 1. The zero-order chi connectivity index (χ0) is 8.10. The zero-order valence-corrected chi connectivity index (χ0v) is 7.48. The summed E-state index contributed by atoms with van der Waals surface area (Å²) in [6, 6.07) is 0.603. The largest absolute Gasteiger partial charge is 0.395 e. The summed E-state index contributed by atoms with van der Waals surface area (Å²) in [5, 5.41) is 11.8. The van der Waals surface area contributed by atoms with Crippen molar-refractivity contribution in [2.45, 2.75) is 25.3 Å². The average molecular weight is 178 g/mol. The maximum absolute atomic E-state index is 8.56. The summed E-state index contributed by atoms with van der Waals surface area (Å²) in [5.41, 5.74) is 0. The minimum Gasteiger partial charge on any atom is -0.395 e. The lowest BCUT2D eigenvalue weighted by molar-refractivity contribution is 0.283. The Labute approximate surface area is 72.9 Å². The summed E-state index contributed by atoms with van der Waals surface area (Å²) >= 11 is 5.73. The maximum Gasteiger partial charge on any atom is 0.0556 e. The third-order valence-electron chi connectivity index (χ3n) is 2.30. The standard InChI is InChI=1S/C8H16ClNO/c9-6-7-1-2-8(5-7)10-3-4-11/h7-8,10-11H,1-6H2/t7-,8-/m1/s1. The lowest BCUT2D eigenvalue weighted by Gasteiger charge is -2.10. The molecule has 0 spiro atoms. The minimum absolute atomic E-state index is 0.238. The van der Waals surface area contributed by atoms with E-state index in [-0.39, 0.29) is 6.61 Å². The molecule has 0 bridgehead atoms. The Kier molecular flexibility index (Phi) is 4.20. The summed E-state index contributed by atoms with van der Waals surface area (Å²) in [4.78, 5) is 0. The Morgan fingerprint density at radius 2 is 2.27 bits per heavy atom. The Balaban J connectivity index is 2.09. The van der Waals surface area contributed by atoms with Crippen molar-refractivity contribution in [2.24, 2.45) is 5.92 Å². The van der Waals surface area contributed by atoms with Gasteiger partial charge in [-0.25, -0.2) is 0 Å². The minimum atomic E-state index is 0.238. The van der Waals surface area contributed by atoms with Crippen LogP contribution in [0.3, 0.4) is 0 Å². The molecule has 0 heterocycles. The van der Waals surface area contributed by atoms with Crippen LogP contribution in [-0.2, 0) is 0 Å². The van der Waals surface area contributed by atoms with Crippen LogP contribution in [0.1, 0.15) is 19.3 Å². The number of aliphatic hydroxyl groups excluding tert-OH is 1. The van der Waals surface area contributed by atoms with Crippen LogP contribution in [0.5, 0.6) is 0 Å². The molecule has 2 N–H and O–H groups in total. The molecule has 1 rings (SSSR count). The lowest BCUT2D eigenvalue weighted by atomic mass is 10.1. The fraction of sp³-hybridized carbons (Fsp3) is 1.00. The van der Waals surface area contributed by atoms with Gasteiger partial charge in [-0.2, -0.15) is 0 Å². The van der Waals surface area contributed by atoms with E-state index in [0.29, 0.717) is 12.0 Å². The highest BCUT2D eigenvalue weighted by Gasteiger charge is 2.22. The number of hydrogen-bond acceptors (Lipinski definition) is 2. The first-order valence-electron chi connectivity index (χ1n) is 4.27. The third-order valence-corrected chi connectivity index (χ3v) is 2.74. The molecular formula is C8H16ClNO. The Morgan fingerprint density at radius 3 is 2.82 bits per heavy atom. The van der Waals surface area contributed by atoms with Crippen molar-refractivity contribution in [1.29, 1.82) is 0 Å². The van der Waals surface area contributed by atoms with Gasteiger partial charge in [-0.15, -0.1) is 11.6 Å². The molecule has 3 heteroatoms. The first kappa shape index (κ1) is 9.30. The van der Waals surface area contributed by atoms with Crippen molar-refractivity contribution in [2.75, 3.05) is 19.0 Å². The average Bonchev–Trinajstić information content (AvgIpc) is 2.48. The SMILES string of the molecule is OCCN[C@@H]1CC[C@@H](CCl)C1. The molecular weight excluding hydrogens is 162 g/mol. The Hall–Kier alpha value is 0.210. The zero-order valence-electron chi connectivity index (χ0n) is 6.72. The van der Waals surface area contributed by atoms with Gasteiger partial charge in [0.1, 0.15) is 0 Å². The van der Waals surface area contributed by atoms with Gasteiger partial charge < -0.3 is 10.4 Å². The van der Waals surface area contributed by atoms with Crippen LogP contribution in [-0.4, -0.2) is 30.2 Å². The van der Waals surface area contributed by atoms with Crippen LogP contribution in [0.4, 0.5) is 0 Å². The molecule has 66 valence electrons. The van der Waals surface area contributed by atoms with Crippen LogP contribution >= 0.6 is 11.6 Å². The van der Waals surface area contributed by atoms with E-state index in [1.54, 1.807) is 0 Å². The summed E-state index contributed by atoms with van der Waals surface area (Å²) in [6.07, 6.45) is 3.65. The van der Waals surface area contributed by atoms with Crippen LogP contribution in [0.25, 0.3) is 0 Å². The van der Waals surface area contributed by atoms with Crippen LogP contribution in [0.2, 0.25) is 0 Å². The maximum atomic E-state index is 8.56. The van der Waals surface area contributed by atoms with E-state index in [4.69, 9.17) is 16.7 Å². The van der Waals surface area contributed by atoms with Crippen LogP contribution in [0.15, 0.2) is 0 Å².